The fourth-order valence-corrected chi connectivity index (χ4v) is 2.96. The molecule has 1 aliphatic rings. The van der Waals surface area contributed by atoms with Crippen LogP contribution in [0.1, 0.15) is 59.3 Å². The molecule has 0 bridgehead atoms. The molecule has 1 rings (SSSR count). The van der Waals surface area contributed by atoms with E-state index in [0.29, 0.717) is 0 Å². The maximum atomic E-state index is 3.57. The van der Waals surface area contributed by atoms with Crippen LogP contribution in [0.15, 0.2) is 0 Å². The minimum absolute atomic E-state index is 0.803. The summed E-state index contributed by atoms with van der Waals surface area (Å²) in [7, 11) is 0. The first-order valence-corrected chi connectivity index (χ1v) is 8.15. The summed E-state index contributed by atoms with van der Waals surface area (Å²) in [5.41, 5.74) is 0. The van der Waals surface area contributed by atoms with Crippen molar-refractivity contribution in [3.8, 4) is 0 Å². The van der Waals surface area contributed by atoms with E-state index in [2.05, 4.69) is 31.0 Å². The van der Waals surface area contributed by atoms with E-state index in [1.807, 2.05) is 0 Å². The Hall–Kier alpha value is -0.0800. The second-order valence-electron chi connectivity index (χ2n) is 6.40. The van der Waals surface area contributed by atoms with E-state index >= 15 is 0 Å². The molecule has 108 valence electrons. The number of hydrogen-bond acceptors (Lipinski definition) is 2. The van der Waals surface area contributed by atoms with Crippen molar-refractivity contribution in [2.45, 2.75) is 59.3 Å². The molecule has 0 aromatic heterocycles. The number of rotatable bonds is 7. The fourth-order valence-electron chi connectivity index (χ4n) is 2.96. The maximum absolute atomic E-state index is 3.57. The van der Waals surface area contributed by atoms with Gasteiger partial charge in [-0.2, -0.15) is 0 Å². The largest absolute Gasteiger partial charge is 0.316 e. The van der Waals surface area contributed by atoms with Crippen molar-refractivity contribution >= 4 is 0 Å². The van der Waals surface area contributed by atoms with Crippen LogP contribution in [-0.2, 0) is 0 Å². The van der Waals surface area contributed by atoms with Gasteiger partial charge in [0, 0.05) is 13.1 Å². The van der Waals surface area contributed by atoms with E-state index in [1.54, 1.807) is 0 Å². The zero-order valence-electron chi connectivity index (χ0n) is 12.9. The molecule has 0 aromatic rings. The smallest absolute Gasteiger partial charge is 0.00193 e. The molecule has 2 heteroatoms. The van der Waals surface area contributed by atoms with Crippen LogP contribution in [0.2, 0.25) is 0 Å². The Balaban J connectivity index is 2.13. The van der Waals surface area contributed by atoms with Gasteiger partial charge in [0.1, 0.15) is 0 Å². The van der Waals surface area contributed by atoms with Crippen LogP contribution in [0.25, 0.3) is 0 Å². The molecule has 0 spiro atoms. The van der Waals surface area contributed by atoms with Gasteiger partial charge in [0.25, 0.3) is 0 Å². The predicted molar refractivity (Wildman–Crippen MR) is 81.0 cm³/mol. The number of hydrogen-bond donors (Lipinski definition) is 1. The van der Waals surface area contributed by atoms with Crippen molar-refractivity contribution in [1.82, 2.24) is 10.2 Å². The van der Waals surface area contributed by atoms with Crippen LogP contribution in [0.5, 0.6) is 0 Å². The highest BCUT2D eigenvalue weighted by atomic mass is 15.1. The third-order valence-electron chi connectivity index (χ3n) is 3.95. The average molecular weight is 254 g/mol. The molecule has 2 atom stereocenters. The summed E-state index contributed by atoms with van der Waals surface area (Å²) in [5.74, 6) is 1.61. The van der Waals surface area contributed by atoms with Gasteiger partial charge in [-0.25, -0.2) is 0 Å². The van der Waals surface area contributed by atoms with Gasteiger partial charge in [0.2, 0.25) is 0 Å². The molecular formula is C16H34N2. The average Bonchev–Trinajstić information content (AvgIpc) is 2.31. The van der Waals surface area contributed by atoms with Crippen LogP contribution in [0, 0.1) is 11.8 Å². The Morgan fingerprint density at radius 3 is 2.06 bits per heavy atom. The van der Waals surface area contributed by atoms with Crippen LogP contribution in [0.4, 0.5) is 0 Å². The van der Waals surface area contributed by atoms with Gasteiger partial charge in [-0.3, -0.25) is 0 Å². The first-order chi connectivity index (χ1) is 8.72. The minimum atomic E-state index is 0.803. The zero-order valence-corrected chi connectivity index (χ0v) is 12.9. The summed E-state index contributed by atoms with van der Waals surface area (Å²) in [5, 5.41) is 3.57. The molecule has 1 aliphatic heterocycles. The Bertz CT molecular complexity index is 182. The van der Waals surface area contributed by atoms with Gasteiger partial charge in [-0.05, 0) is 37.9 Å². The van der Waals surface area contributed by atoms with E-state index in [0.717, 1.165) is 11.8 Å². The Morgan fingerprint density at radius 2 is 1.44 bits per heavy atom. The summed E-state index contributed by atoms with van der Waals surface area (Å²) < 4.78 is 0. The summed E-state index contributed by atoms with van der Waals surface area (Å²) in [6.45, 7) is 13.3. The third kappa shape index (κ3) is 7.38. The van der Waals surface area contributed by atoms with Crippen LogP contribution < -0.4 is 5.32 Å². The molecule has 2 nitrogen and oxygen atoms in total. The quantitative estimate of drug-likeness (QED) is 0.699. The van der Waals surface area contributed by atoms with Gasteiger partial charge in [0.15, 0.2) is 0 Å². The van der Waals surface area contributed by atoms with E-state index in [4.69, 9.17) is 0 Å². The number of nitrogens with zero attached hydrogens (tertiary/aromatic N) is 1. The molecule has 0 amide bonds. The van der Waals surface area contributed by atoms with Gasteiger partial charge in [-0.1, -0.05) is 52.9 Å². The van der Waals surface area contributed by atoms with Crippen molar-refractivity contribution in [3.63, 3.8) is 0 Å². The lowest BCUT2D eigenvalue weighted by atomic mass is 10.0. The molecule has 0 aromatic carbocycles. The van der Waals surface area contributed by atoms with Crippen molar-refractivity contribution in [2.24, 2.45) is 11.8 Å². The summed E-state index contributed by atoms with van der Waals surface area (Å²) in [4.78, 5) is 2.70. The second kappa shape index (κ2) is 9.80. The van der Waals surface area contributed by atoms with Crippen molar-refractivity contribution in [1.29, 1.82) is 0 Å². The molecule has 0 radical (unpaired) electrons. The Kier molecular flexibility index (Phi) is 8.70. The normalized spacial score (nSPS) is 26.8. The molecular weight excluding hydrogens is 220 g/mol. The van der Waals surface area contributed by atoms with Crippen molar-refractivity contribution in [3.05, 3.63) is 0 Å². The van der Waals surface area contributed by atoms with Crippen molar-refractivity contribution < 1.29 is 0 Å². The summed E-state index contributed by atoms with van der Waals surface area (Å²) in [6.07, 6.45) is 8.48. The minimum Gasteiger partial charge on any atom is -0.316 e. The van der Waals surface area contributed by atoms with Gasteiger partial charge < -0.3 is 10.2 Å². The first-order valence-electron chi connectivity index (χ1n) is 8.15. The third-order valence-corrected chi connectivity index (χ3v) is 3.95. The lowest BCUT2D eigenvalue weighted by Gasteiger charge is -2.31. The maximum Gasteiger partial charge on any atom is 0.00193 e. The molecule has 0 aliphatic carbocycles. The molecule has 1 N–H and O–H groups in total. The van der Waals surface area contributed by atoms with E-state index in [-0.39, 0.29) is 0 Å². The predicted octanol–water partition coefficient (Wildman–Crippen LogP) is 3.52. The lowest BCUT2D eigenvalue weighted by Crippen LogP contribution is -2.42. The van der Waals surface area contributed by atoms with Gasteiger partial charge >= 0.3 is 0 Å². The highest BCUT2D eigenvalue weighted by Crippen LogP contribution is 2.10. The van der Waals surface area contributed by atoms with Crippen LogP contribution >= 0.6 is 0 Å². The molecule has 2 unspecified atom stereocenters. The standard InChI is InChI=1S/C16H34N2/c1-4-5-6-7-8-9-10-18-13-15(2)11-17-12-16(3)14-18/h15-17H,4-14H2,1-3H3. The summed E-state index contributed by atoms with van der Waals surface area (Å²) in [6, 6.07) is 0. The van der Waals surface area contributed by atoms with Gasteiger partial charge in [0.05, 0.1) is 0 Å². The first kappa shape index (κ1) is 16.0. The number of unbranched alkanes of at least 4 members (excludes halogenated alkanes) is 5. The number of nitrogens with one attached hydrogen (secondary N) is 1. The fraction of sp³-hybridized carbons (Fsp3) is 1.00. The van der Waals surface area contributed by atoms with Crippen LogP contribution in [0.3, 0.4) is 0 Å². The molecule has 1 saturated heterocycles. The SMILES string of the molecule is CCCCCCCCN1CC(C)CNCC(C)C1. The van der Waals surface area contributed by atoms with Crippen molar-refractivity contribution in [2.75, 3.05) is 32.7 Å². The lowest BCUT2D eigenvalue weighted by molar-refractivity contribution is 0.182. The monoisotopic (exact) mass is 254 g/mol. The van der Waals surface area contributed by atoms with Crippen LogP contribution in [-0.4, -0.2) is 37.6 Å². The van der Waals surface area contributed by atoms with E-state index in [1.165, 1.54) is 71.2 Å². The van der Waals surface area contributed by atoms with Gasteiger partial charge in [-0.15, -0.1) is 0 Å². The topological polar surface area (TPSA) is 15.3 Å². The Labute approximate surface area is 115 Å². The van der Waals surface area contributed by atoms with E-state index in [9.17, 15) is 0 Å². The second-order valence-corrected chi connectivity index (χ2v) is 6.40. The summed E-state index contributed by atoms with van der Waals surface area (Å²) >= 11 is 0. The molecule has 0 saturated carbocycles. The molecule has 1 fully saturated rings. The van der Waals surface area contributed by atoms with E-state index < -0.39 is 0 Å². The highest BCUT2D eigenvalue weighted by molar-refractivity contribution is 4.72. The molecule has 1 heterocycles. The Morgan fingerprint density at radius 1 is 0.889 bits per heavy atom. The zero-order chi connectivity index (χ0) is 13.2. The molecule has 18 heavy (non-hydrogen) atoms. The highest BCUT2D eigenvalue weighted by Gasteiger charge is 2.16.